The molecule has 4 aromatic rings. The normalized spacial score (nSPS) is 10.9. The van der Waals surface area contributed by atoms with Crippen LogP contribution in [-0.4, -0.2) is 40.1 Å². The number of anilines is 2. The van der Waals surface area contributed by atoms with E-state index in [0.717, 1.165) is 11.1 Å². The monoisotopic (exact) mass is 482 g/mol. The van der Waals surface area contributed by atoms with Gasteiger partial charge in [-0.15, -0.1) is 5.10 Å². The van der Waals surface area contributed by atoms with Crippen LogP contribution in [0.5, 0.6) is 11.5 Å². The van der Waals surface area contributed by atoms with E-state index in [4.69, 9.17) is 31.2 Å². The number of nitrogens with one attached hydrogen (secondary N) is 1. The summed E-state index contributed by atoms with van der Waals surface area (Å²) < 4.78 is 17.9. The van der Waals surface area contributed by atoms with Crippen LogP contribution in [0.2, 0.25) is 5.02 Å². The lowest BCUT2D eigenvalue weighted by Gasteiger charge is -2.08. The van der Waals surface area contributed by atoms with Gasteiger partial charge in [0.15, 0.2) is 23.0 Å². The molecule has 3 N–H and O–H groups in total. The number of hydrogen-bond acceptors (Lipinski definition) is 8. The van der Waals surface area contributed by atoms with Crippen LogP contribution in [0.4, 0.5) is 11.5 Å². The molecule has 0 aliphatic rings. The number of carbonyl (C=O) groups is 1. The molecule has 1 amide bonds. The van der Waals surface area contributed by atoms with Crippen LogP contribution in [0.3, 0.4) is 0 Å². The summed E-state index contributed by atoms with van der Waals surface area (Å²) >= 11 is 6.12. The third kappa shape index (κ3) is 4.40. The van der Waals surface area contributed by atoms with Gasteiger partial charge in [-0.2, -0.15) is 0 Å². The molecule has 0 aliphatic carbocycles. The first kappa shape index (κ1) is 23.1. The fourth-order valence-electron chi connectivity index (χ4n) is 3.33. The van der Waals surface area contributed by atoms with Crippen LogP contribution in [0.25, 0.3) is 11.5 Å². The van der Waals surface area contributed by atoms with E-state index in [0.29, 0.717) is 39.6 Å². The van der Waals surface area contributed by atoms with E-state index in [1.54, 1.807) is 51.5 Å². The maximum Gasteiger partial charge on any atom is 0.280 e. The molecule has 0 spiro atoms. The predicted octanol–water partition coefficient (Wildman–Crippen LogP) is 4.10. The number of amides is 1. The summed E-state index contributed by atoms with van der Waals surface area (Å²) in [4.78, 5) is 17.3. The first-order valence-corrected chi connectivity index (χ1v) is 10.6. The molecule has 11 heteroatoms. The van der Waals surface area contributed by atoms with Gasteiger partial charge in [0.1, 0.15) is 11.5 Å². The van der Waals surface area contributed by atoms with Crippen molar-refractivity contribution in [1.82, 2.24) is 20.0 Å². The predicted molar refractivity (Wildman–Crippen MR) is 127 cm³/mol. The quantitative estimate of drug-likeness (QED) is 0.402. The summed E-state index contributed by atoms with van der Waals surface area (Å²) in [5.41, 5.74) is 8.80. The van der Waals surface area contributed by atoms with E-state index in [1.807, 2.05) is 13.0 Å². The van der Waals surface area contributed by atoms with Crippen molar-refractivity contribution in [2.75, 3.05) is 25.3 Å². The zero-order chi connectivity index (χ0) is 24.4. The zero-order valence-electron chi connectivity index (χ0n) is 19.0. The molecule has 0 radical (unpaired) electrons. The standard InChI is InChI=1S/C23H23ClN6O4/c1-12-15(24)6-5-7-16(12)26-22(31)20-21(25)30(29-28-20)11-17-13(2)34-23(27-17)14-8-9-18(32-3)19(10-14)33-4/h5-10H,11,25H2,1-4H3,(H,26,31). The van der Waals surface area contributed by atoms with Crippen molar-refractivity contribution >= 4 is 29.0 Å². The number of aromatic nitrogens is 4. The number of carbonyl (C=O) groups excluding carboxylic acids is 1. The third-order valence-corrected chi connectivity index (χ3v) is 5.74. The molecule has 0 saturated heterocycles. The smallest absolute Gasteiger partial charge is 0.280 e. The maximum atomic E-state index is 12.7. The number of nitrogen functional groups attached to an aromatic ring is 1. The van der Waals surface area contributed by atoms with E-state index in [9.17, 15) is 4.79 Å². The molecule has 34 heavy (non-hydrogen) atoms. The molecule has 10 nitrogen and oxygen atoms in total. The van der Waals surface area contributed by atoms with E-state index >= 15 is 0 Å². The molecule has 2 aromatic heterocycles. The molecule has 176 valence electrons. The lowest BCUT2D eigenvalue weighted by Crippen LogP contribution is -2.16. The molecule has 2 heterocycles. The Morgan fingerprint density at radius 2 is 1.94 bits per heavy atom. The van der Waals surface area contributed by atoms with Gasteiger partial charge in [-0.3, -0.25) is 4.79 Å². The van der Waals surface area contributed by atoms with Gasteiger partial charge in [-0.05, 0) is 49.7 Å². The van der Waals surface area contributed by atoms with Crippen LogP contribution in [0.15, 0.2) is 40.8 Å². The van der Waals surface area contributed by atoms with Gasteiger partial charge in [-0.25, -0.2) is 9.67 Å². The molecule has 4 rings (SSSR count). The van der Waals surface area contributed by atoms with Gasteiger partial charge < -0.3 is 24.9 Å². The highest BCUT2D eigenvalue weighted by atomic mass is 35.5. The van der Waals surface area contributed by atoms with Crippen molar-refractivity contribution in [3.63, 3.8) is 0 Å². The molecule has 0 aliphatic heterocycles. The third-order valence-electron chi connectivity index (χ3n) is 5.33. The minimum Gasteiger partial charge on any atom is -0.493 e. The molecule has 2 aromatic carbocycles. The van der Waals surface area contributed by atoms with Crippen molar-refractivity contribution in [3.05, 3.63) is 64.1 Å². The summed E-state index contributed by atoms with van der Waals surface area (Å²) in [6.45, 7) is 3.77. The Kier molecular flexibility index (Phi) is 6.42. The minimum absolute atomic E-state index is 0.000590. The van der Waals surface area contributed by atoms with E-state index < -0.39 is 5.91 Å². The summed E-state index contributed by atoms with van der Waals surface area (Å²) in [6.07, 6.45) is 0. The van der Waals surface area contributed by atoms with Gasteiger partial charge in [0.05, 0.1) is 20.8 Å². The molecule has 0 atom stereocenters. The zero-order valence-corrected chi connectivity index (χ0v) is 19.8. The second-order valence-corrected chi connectivity index (χ2v) is 7.85. The largest absolute Gasteiger partial charge is 0.493 e. The number of nitrogens with zero attached hydrogens (tertiary/aromatic N) is 4. The number of halogens is 1. The fraction of sp³-hybridized carbons (Fsp3) is 0.217. The van der Waals surface area contributed by atoms with Crippen LogP contribution in [0.1, 0.15) is 27.5 Å². The van der Waals surface area contributed by atoms with Crippen molar-refractivity contribution in [2.24, 2.45) is 0 Å². The molecular formula is C23H23ClN6O4. The summed E-state index contributed by atoms with van der Waals surface area (Å²) in [7, 11) is 3.13. The number of rotatable bonds is 7. The Balaban J connectivity index is 1.55. The number of benzene rings is 2. The fourth-order valence-corrected chi connectivity index (χ4v) is 3.51. The lowest BCUT2D eigenvalue weighted by molar-refractivity contribution is 0.102. The average molecular weight is 483 g/mol. The number of ether oxygens (including phenoxy) is 2. The second kappa shape index (κ2) is 9.44. The number of nitrogens with two attached hydrogens (primary N) is 1. The number of oxazole rings is 1. The van der Waals surface area contributed by atoms with Crippen molar-refractivity contribution < 1.29 is 18.7 Å². The lowest BCUT2D eigenvalue weighted by atomic mass is 10.2. The van der Waals surface area contributed by atoms with Crippen molar-refractivity contribution in [3.8, 4) is 23.0 Å². The second-order valence-electron chi connectivity index (χ2n) is 7.44. The molecular weight excluding hydrogens is 460 g/mol. The van der Waals surface area contributed by atoms with Gasteiger partial charge in [0.2, 0.25) is 5.89 Å². The molecule has 0 fully saturated rings. The molecule has 0 bridgehead atoms. The molecule has 0 unspecified atom stereocenters. The van der Waals surface area contributed by atoms with E-state index in [2.05, 4.69) is 20.6 Å². The highest BCUT2D eigenvalue weighted by Crippen LogP contribution is 2.33. The Hall–Kier alpha value is -4.05. The van der Waals surface area contributed by atoms with Crippen molar-refractivity contribution in [1.29, 1.82) is 0 Å². The van der Waals surface area contributed by atoms with E-state index in [1.165, 1.54) is 4.68 Å². The summed E-state index contributed by atoms with van der Waals surface area (Å²) in [6, 6.07) is 10.6. The SMILES string of the molecule is COc1ccc(-c2nc(Cn3nnc(C(=O)Nc4cccc(Cl)c4C)c3N)c(C)o2)cc1OC. The first-order valence-electron chi connectivity index (χ1n) is 10.3. The average Bonchev–Trinajstić information content (AvgIpc) is 3.38. The highest BCUT2D eigenvalue weighted by Gasteiger charge is 2.21. The Labute approximate surface area is 200 Å². The maximum absolute atomic E-state index is 12.7. The highest BCUT2D eigenvalue weighted by molar-refractivity contribution is 6.31. The number of methoxy groups -OCH3 is 2. The Bertz CT molecular complexity index is 1360. The van der Waals surface area contributed by atoms with E-state index in [-0.39, 0.29) is 18.1 Å². The topological polar surface area (TPSA) is 130 Å². The number of hydrogen-bond donors (Lipinski definition) is 2. The number of aryl methyl sites for hydroxylation is 1. The molecule has 0 saturated carbocycles. The van der Waals surface area contributed by atoms with Gasteiger partial charge >= 0.3 is 0 Å². The summed E-state index contributed by atoms with van der Waals surface area (Å²) in [5.74, 6) is 1.76. The van der Waals surface area contributed by atoms with Crippen LogP contribution < -0.4 is 20.5 Å². The van der Waals surface area contributed by atoms with Crippen molar-refractivity contribution in [2.45, 2.75) is 20.4 Å². The minimum atomic E-state index is -0.489. The van der Waals surface area contributed by atoms with Crippen LogP contribution >= 0.6 is 11.6 Å². The van der Waals surface area contributed by atoms with Crippen LogP contribution in [-0.2, 0) is 6.54 Å². The van der Waals surface area contributed by atoms with Gasteiger partial charge in [0.25, 0.3) is 5.91 Å². The van der Waals surface area contributed by atoms with Gasteiger partial charge in [-0.1, -0.05) is 22.9 Å². The Morgan fingerprint density at radius 1 is 1.18 bits per heavy atom. The summed E-state index contributed by atoms with van der Waals surface area (Å²) in [5, 5.41) is 11.3. The van der Waals surface area contributed by atoms with Crippen LogP contribution in [0, 0.1) is 13.8 Å². The van der Waals surface area contributed by atoms with Gasteiger partial charge in [0, 0.05) is 16.3 Å². The first-order chi connectivity index (χ1) is 16.3. The Morgan fingerprint density at radius 3 is 2.68 bits per heavy atom.